The fraction of sp³-hybridized carbons (Fsp3) is 0.435. The van der Waals surface area contributed by atoms with Crippen LogP contribution in [0.2, 0.25) is 0 Å². The third kappa shape index (κ3) is 4.77. The minimum absolute atomic E-state index is 0.168. The van der Waals surface area contributed by atoms with Crippen molar-refractivity contribution < 1.29 is 9.53 Å². The van der Waals surface area contributed by atoms with Crippen LogP contribution in [0.15, 0.2) is 30.5 Å². The lowest BCUT2D eigenvalue weighted by Gasteiger charge is -2.28. The first kappa shape index (κ1) is 21.9. The Morgan fingerprint density at radius 3 is 2.59 bits per heavy atom. The lowest BCUT2D eigenvalue weighted by atomic mass is 9.92. The van der Waals surface area contributed by atoms with E-state index in [4.69, 9.17) is 15.5 Å². The van der Waals surface area contributed by atoms with Gasteiger partial charge in [0.15, 0.2) is 5.65 Å². The van der Waals surface area contributed by atoms with Crippen LogP contribution in [0.5, 0.6) is 5.75 Å². The van der Waals surface area contributed by atoms with Gasteiger partial charge >= 0.3 is 0 Å². The molecule has 9 heteroatoms. The molecule has 0 radical (unpaired) electrons. The standard InChI is InChI=1S/C23H31N7O2/c1-4-32-19-11-9-18(10-12-19)28-22-14(2)21(27-17-7-5-16(24)6-8-17)29-23-20(26-15(3)31)13-25-30(22)23/h9-13,16-17,28H,4-8,24H2,1-3H3,(H,26,31)(H,27,29)/t16-,17-. The highest BCUT2D eigenvalue weighted by molar-refractivity contribution is 5.93. The van der Waals surface area contributed by atoms with Crippen LogP contribution in [0.4, 0.5) is 23.0 Å². The average Bonchev–Trinajstić information content (AvgIpc) is 3.15. The lowest BCUT2D eigenvalue weighted by molar-refractivity contribution is -0.114. The van der Waals surface area contributed by atoms with E-state index in [0.29, 0.717) is 24.0 Å². The second kappa shape index (κ2) is 9.44. The Morgan fingerprint density at radius 2 is 1.94 bits per heavy atom. The molecule has 3 aromatic rings. The number of rotatable bonds is 7. The summed E-state index contributed by atoms with van der Waals surface area (Å²) in [6.45, 7) is 6.07. The summed E-state index contributed by atoms with van der Waals surface area (Å²) in [7, 11) is 0. The molecule has 1 aromatic carbocycles. The van der Waals surface area contributed by atoms with E-state index in [2.05, 4.69) is 21.0 Å². The zero-order valence-electron chi connectivity index (χ0n) is 18.8. The minimum atomic E-state index is -0.168. The Hall–Kier alpha value is -3.33. The third-order valence-corrected chi connectivity index (χ3v) is 5.74. The summed E-state index contributed by atoms with van der Waals surface area (Å²) < 4.78 is 7.26. The van der Waals surface area contributed by atoms with Gasteiger partial charge in [-0.15, -0.1) is 0 Å². The molecule has 0 atom stereocenters. The van der Waals surface area contributed by atoms with Crippen LogP contribution in [0, 0.1) is 6.92 Å². The molecule has 170 valence electrons. The van der Waals surface area contributed by atoms with Crippen LogP contribution >= 0.6 is 0 Å². The Kier molecular flexibility index (Phi) is 6.45. The van der Waals surface area contributed by atoms with E-state index in [1.807, 2.05) is 38.1 Å². The lowest BCUT2D eigenvalue weighted by Crippen LogP contribution is -2.33. The van der Waals surface area contributed by atoms with Crippen molar-refractivity contribution in [3.63, 3.8) is 0 Å². The third-order valence-electron chi connectivity index (χ3n) is 5.74. The number of hydrogen-bond acceptors (Lipinski definition) is 7. The first-order valence-electron chi connectivity index (χ1n) is 11.1. The Balaban J connectivity index is 1.71. The normalized spacial score (nSPS) is 18.4. The molecule has 0 aliphatic heterocycles. The van der Waals surface area contributed by atoms with Gasteiger partial charge in [-0.25, -0.2) is 4.98 Å². The number of aromatic nitrogens is 3. The summed E-state index contributed by atoms with van der Waals surface area (Å²) in [6.07, 6.45) is 5.63. The highest BCUT2D eigenvalue weighted by Crippen LogP contribution is 2.31. The second-order valence-electron chi connectivity index (χ2n) is 8.25. The van der Waals surface area contributed by atoms with Gasteiger partial charge < -0.3 is 26.4 Å². The van der Waals surface area contributed by atoms with Gasteiger partial charge in [0.2, 0.25) is 5.91 Å². The van der Waals surface area contributed by atoms with E-state index in [1.165, 1.54) is 6.92 Å². The Bertz CT molecular complexity index is 1090. The topological polar surface area (TPSA) is 119 Å². The number of nitrogens with two attached hydrogens (primary N) is 1. The van der Waals surface area contributed by atoms with E-state index >= 15 is 0 Å². The number of fused-ring (bicyclic) bond motifs is 1. The molecule has 1 saturated carbocycles. The van der Waals surface area contributed by atoms with E-state index in [-0.39, 0.29) is 11.9 Å². The summed E-state index contributed by atoms with van der Waals surface area (Å²) in [5, 5.41) is 14.4. The molecule has 1 amide bonds. The van der Waals surface area contributed by atoms with Crippen LogP contribution in [-0.2, 0) is 4.79 Å². The molecule has 0 saturated heterocycles. The number of amides is 1. The fourth-order valence-corrected chi connectivity index (χ4v) is 4.03. The van der Waals surface area contributed by atoms with Crippen molar-refractivity contribution in [1.29, 1.82) is 0 Å². The smallest absolute Gasteiger partial charge is 0.221 e. The van der Waals surface area contributed by atoms with Crippen molar-refractivity contribution in [2.24, 2.45) is 5.73 Å². The maximum absolute atomic E-state index is 11.7. The number of benzene rings is 1. The summed E-state index contributed by atoms with van der Waals surface area (Å²) in [5.74, 6) is 2.21. The zero-order chi connectivity index (χ0) is 22.7. The maximum atomic E-state index is 11.7. The van der Waals surface area contributed by atoms with E-state index in [9.17, 15) is 4.79 Å². The highest BCUT2D eigenvalue weighted by atomic mass is 16.5. The van der Waals surface area contributed by atoms with Crippen LogP contribution < -0.4 is 26.4 Å². The van der Waals surface area contributed by atoms with E-state index < -0.39 is 0 Å². The van der Waals surface area contributed by atoms with Crippen molar-refractivity contribution in [3.8, 4) is 5.75 Å². The van der Waals surface area contributed by atoms with E-state index in [0.717, 1.165) is 54.3 Å². The summed E-state index contributed by atoms with van der Waals surface area (Å²) >= 11 is 0. The van der Waals surface area contributed by atoms with Gasteiger partial charge in [-0.3, -0.25) is 4.79 Å². The molecule has 5 N–H and O–H groups in total. The molecular formula is C23H31N7O2. The number of ether oxygens (including phenoxy) is 1. The van der Waals surface area contributed by atoms with Gasteiger partial charge in [0.1, 0.15) is 23.1 Å². The molecule has 0 spiro atoms. The van der Waals surface area contributed by atoms with Gasteiger partial charge in [-0.05, 0) is 63.8 Å². The molecule has 1 fully saturated rings. The Morgan fingerprint density at radius 1 is 1.22 bits per heavy atom. The molecule has 9 nitrogen and oxygen atoms in total. The van der Waals surface area contributed by atoms with E-state index in [1.54, 1.807) is 10.7 Å². The maximum Gasteiger partial charge on any atom is 0.221 e. The highest BCUT2D eigenvalue weighted by Gasteiger charge is 2.22. The van der Waals surface area contributed by atoms with Crippen LogP contribution in [-0.4, -0.2) is 39.2 Å². The first-order valence-corrected chi connectivity index (χ1v) is 11.1. The van der Waals surface area contributed by atoms with Crippen LogP contribution in [0.1, 0.15) is 45.1 Å². The van der Waals surface area contributed by atoms with Gasteiger partial charge in [0.05, 0.1) is 12.8 Å². The monoisotopic (exact) mass is 437 g/mol. The summed E-state index contributed by atoms with van der Waals surface area (Å²) in [4.78, 5) is 16.5. The first-order chi connectivity index (χ1) is 15.4. The number of hydrogen-bond donors (Lipinski definition) is 4. The largest absolute Gasteiger partial charge is 0.494 e. The molecular weight excluding hydrogens is 406 g/mol. The molecule has 2 aromatic heterocycles. The van der Waals surface area contributed by atoms with Gasteiger partial charge in [-0.2, -0.15) is 9.61 Å². The molecule has 0 unspecified atom stereocenters. The molecule has 1 aliphatic carbocycles. The number of nitrogens with zero attached hydrogens (tertiary/aromatic N) is 3. The second-order valence-corrected chi connectivity index (χ2v) is 8.25. The van der Waals surface area contributed by atoms with Crippen molar-refractivity contribution in [3.05, 3.63) is 36.0 Å². The summed E-state index contributed by atoms with van der Waals surface area (Å²) in [6, 6.07) is 8.37. The molecule has 32 heavy (non-hydrogen) atoms. The van der Waals surface area contributed by atoms with Crippen molar-refractivity contribution in [1.82, 2.24) is 14.6 Å². The van der Waals surface area contributed by atoms with Gasteiger partial charge in [0.25, 0.3) is 0 Å². The van der Waals surface area contributed by atoms with Crippen LogP contribution in [0.3, 0.4) is 0 Å². The molecule has 4 rings (SSSR count). The van der Waals surface area contributed by atoms with Crippen LogP contribution in [0.25, 0.3) is 5.65 Å². The van der Waals surface area contributed by atoms with Gasteiger partial charge in [0, 0.05) is 30.3 Å². The molecule has 1 aliphatic rings. The number of nitrogens with one attached hydrogen (secondary N) is 3. The minimum Gasteiger partial charge on any atom is -0.494 e. The van der Waals surface area contributed by atoms with Crippen molar-refractivity contribution in [2.45, 2.75) is 58.5 Å². The number of carbonyl (C=O) groups excluding carboxylic acids is 1. The number of anilines is 4. The van der Waals surface area contributed by atoms with Gasteiger partial charge in [-0.1, -0.05) is 0 Å². The predicted molar refractivity (Wildman–Crippen MR) is 127 cm³/mol. The molecule has 2 heterocycles. The Labute approximate surface area is 187 Å². The zero-order valence-corrected chi connectivity index (χ0v) is 18.8. The van der Waals surface area contributed by atoms with Crippen molar-refractivity contribution in [2.75, 3.05) is 22.6 Å². The molecule has 0 bridgehead atoms. The number of carbonyl (C=O) groups is 1. The fourth-order valence-electron chi connectivity index (χ4n) is 4.03. The predicted octanol–water partition coefficient (Wildman–Crippen LogP) is 3.82. The average molecular weight is 438 g/mol. The summed E-state index contributed by atoms with van der Waals surface area (Å²) in [5.41, 5.74) is 9.06. The quantitative estimate of drug-likeness (QED) is 0.444. The van der Waals surface area contributed by atoms with Crippen molar-refractivity contribution >= 4 is 34.6 Å². The SMILES string of the molecule is CCOc1ccc(Nc2c(C)c(N[C@H]3CC[C@H](N)CC3)nc3c(NC(C)=O)cnn23)cc1.